The number of fused-ring (bicyclic) bond motifs is 3. The van der Waals surface area contributed by atoms with E-state index in [9.17, 15) is 9.90 Å². The topological polar surface area (TPSA) is 80.3 Å². The van der Waals surface area contributed by atoms with Crippen LogP contribution >= 0.6 is 11.6 Å². The molecule has 1 saturated heterocycles. The molecule has 0 aromatic heterocycles. The van der Waals surface area contributed by atoms with Gasteiger partial charge in [0.25, 0.3) is 0 Å². The highest BCUT2D eigenvalue weighted by atomic mass is 35.5. The van der Waals surface area contributed by atoms with E-state index in [2.05, 4.69) is 5.32 Å². The second kappa shape index (κ2) is 7.25. The van der Waals surface area contributed by atoms with Gasteiger partial charge in [0, 0.05) is 19.0 Å². The quantitative estimate of drug-likeness (QED) is 0.757. The van der Waals surface area contributed by atoms with Gasteiger partial charge in [-0.1, -0.05) is 35.9 Å². The molecular formula is C20H21ClN2O5. The van der Waals surface area contributed by atoms with Gasteiger partial charge in [-0.2, -0.15) is 0 Å². The van der Waals surface area contributed by atoms with Crippen molar-refractivity contribution in [2.75, 3.05) is 19.2 Å². The van der Waals surface area contributed by atoms with Crippen LogP contribution in [0.2, 0.25) is 5.02 Å². The van der Waals surface area contributed by atoms with E-state index in [4.69, 9.17) is 25.9 Å². The molecule has 0 saturated carbocycles. The van der Waals surface area contributed by atoms with Crippen LogP contribution in [0.15, 0.2) is 42.5 Å². The SMILES string of the molecule is COc1ccc(COC(=O)[C@@H]2C[C@@]3(O)c4cccc(Cl)c4N(C)O[C@H]3N2)cc1. The number of nitrogens with one attached hydrogen (secondary N) is 1. The summed E-state index contributed by atoms with van der Waals surface area (Å²) in [4.78, 5) is 18.3. The number of ether oxygens (including phenoxy) is 2. The Balaban J connectivity index is 1.47. The Kier molecular flexibility index (Phi) is 4.93. The molecule has 2 heterocycles. The van der Waals surface area contributed by atoms with Crippen molar-refractivity contribution in [3.63, 3.8) is 0 Å². The molecule has 0 unspecified atom stereocenters. The smallest absolute Gasteiger partial charge is 0.323 e. The number of carbonyl (C=O) groups is 1. The van der Waals surface area contributed by atoms with E-state index in [0.717, 1.165) is 11.3 Å². The van der Waals surface area contributed by atoms with Gasteiger partial charge in [0.05, 0.1) is 17.8 Å². The maximum Gasteiger partial charge on any atom is 0.323 e. The fourth-order valence-corrected chi connectivity index (χ4v) is 3.98. The number of esters is 1. The summed E-state index contributed by atoms with van der Waals surface area (Å²) in [5.41, 5.74) is 0.682. The van der Waals surface area contributed by atoms with Crippen LogP contribution in [0, 0.1) is 0 Å². The molecule has 3 atom stereocenters. The summed E-state index contributed by atoms with van der Waals surface area (Å²) in [5.74, 6) is 0.283. The van der Waals surface area contributed by atoms with E-state index < -0.39 is 23.8 Å². The number of nitrogens with zero attached hydrogens (tertiary/aromatic N) is 1. The van der Waals surface area contributed by atoms with Crippen molar-refractivity contribution in [3.05, 3.63) is 58.6 Å². The fraction of sp³-hybridized carbons (Fsp3) is 0.350. The number of aliphatic hydroxyl groups is 1. The van der Waals surface area contributed by atoms with E-state index in [1.54, 1.807) is 44.5 Å². The van der Waals surface area contributed by atoms with E-state index in [1.165, 1.54) is 5.06 Å². The molecule has 2 aliphatic heterocycles. The van der Waals surface area contributed by atoms with Gasteiger partial charge < -0.3 is 14.6 Å². The van der Waals surface area contributed by atoms with Crippen LogP contribution in [-0.2, 0) is 26.6 Å². The minimum Gasteiger partial charge on any atom is -0.497 e. The third-order valence-electron chi connectivity index (χ3n) is 5.16. The van der Waals surface area contributed by atoms with Crippen LogP contribution in [0.5, 0.6) is 5.75 Å². The number of benzene rings is 2. The third kappa shape index (κ3) is 3.20. The maximum absolute atomic E-state index is 12.6. The van der Waals surface area contributed by atoms with Gasteiger partial charge in [-0.3, -0.25) is 20.0 Å². The Hall–Kier alpha value is -2.32. The van der Waals surface area contributed by atoms with E-state index in [-0.39, 0.29) is 13.0 Å². The molecule has 0 spiro atoms. The van der Waals surface area contributed by atoms with Crippen molar-refractivity contribution in [2.45, 2.75) is 30.9 Å². The first-order valence-electron chi connectivity index (χ1n) is 8.90. The second-order valence-electron chi connectivity index (χ2n) is 6.92. The average molecular weight is 405 g/mol. The molecule has 0 radical (unpaired) electrons. The van der Waals surface area contributed by atoms with Gasteiger partial charge in [-0.05, 0) is 23.8 Å². The summed E-state index contributed by atoms with van der Waals surface area (Å²) >= 11 is 6.27. The standard InChI is InChI=1S/C20H21ClN2O5/c1-23-17-14(4-3-5-15(17)21)20(25)10-16(22-19(20)28-23)18(24)27-11-12-6-8-13(26-2)9-7-12/h3-9,16,19,22,25H,10-11H2,1-2H3/t16-,19+,20+/m0/s1. The minimum atomic E-state index is -1.38. The van der Waals surface area contributed by atoms with Crippen molar-refractivity contribution in [1.82, 2.24) is 5.32 Å². The predicted molar refractivity (Wildman–Crippen MR) is 103 cm³/mol. The van der Waals surface area contributed by atoms with Crippen molar-refractivity contribution >= 4 is 23.3 Å². The summed E-state index contributed by atoms with van der Waals surface area (Å²) in [6.45, 7) is 0.132. The molecule has 0 bridgehead atoms. The Labute approximate surface area is 167 Å². The number of hydrogen-bond acceptors (Lipinski definition) is 7. The van der Waals surface area contributed by atoms with Gasteiger partial charge >= 0.3 is 5.97 Å². The molecule has 2 aliphatic rings. The van der Waals surface area contributed by atoms with Gasteiger partial charge in [-0.15, -0.1) is 0 Å². The van der Waals surface area contributed by atoms with E-state index in [0.29, 0.717) is 16.3 Å². The second-order valence-corrected chi connectivity index (χ2v) is 7.33. The summed E-state index contributed by atoms with van der Waals surface area (Å²) < 4.78 is 10.5. The first-order chi connectivity index (χ1) is 13.4. The molecule has 2 N–H and O–H groups in total. The first kappa shape index (κ1) is 19.0. The number of hydroxylamine groups is 1. The van der Waals surface area contributed by atoms with Gasteiger partial charge in [0.1, 0.15) is 24.0 Å². The van der Waals surface area contributed by atoms with E-state index >= 15 is 0 Å². The van der Waals surface area contributed by atoms with Crippen LogP contribution in [0.3, 0.4) is 0 Å². The summed E-state index contributed by atoms with van der Waals surface area (Å²) in [6.07, 6.45) is -0.651. The van der Waals surface area contributed by atoms with Gasteiger partial charge in [0.15, 0.2) is 6.23 Å². The Morgan fingerprint density at radius 2 is 2.11 bits per heavy atom. The lowest BCUT2D eigenvalue weighted by molar-refractivity contribution is -0.147. The molecular weight excluding hydrogens is 384 g/mol. The number of carbonyl (C=O) groups excluding carboxylic acids is 1. The van der Waals surface area contributed by atoms with Crippen LogP contribution in [0.1, 0.15) is 17.5 Å². The number of hydrogen-bond donors (Lipinski definition) is 2. The third-order valence-corrected chi connectivity index (χ3v) is 5.46. The molecule has 8 heteroatoms. The molecule has 148 valence electrons. The first-order valence-corrected chi connectivity index (χ1v) is 9.27. The van der Waals surface area contributed by atoms with Crippen LogP contribution in [0.4, 0.5) is 5.69 Å². The lowest BCUT2D eigenvalue weighted by Crippen LogP contribution is -2.51. The molecule has 0 amide bonds. The average Bonchev–Trinajstić information content (AvgIpc) is 3.04. The van der Waals surface area contributed by atoms with Crippen molar-refractivity contribution in [3.8, 4) is 5.75 Å². The summed E-state index contributed by atoms with van der Waals surface area (Å²) in [5, 5.41) is 16.3. The number of anilines is 1. The van der Waals surface area contributed by atoms with Crippen LogP contribution < -0.4 is 15.1 Å². The van der Waals surface area contributed by atoms with E-state index in [1.807, 2.05) is 12.1 Å². The Morgan fingerprint density at radius 1 is 1.36 bits per heavy atom. The molecule has 4 rings (SSSR count). The summed E-state index contributed by atoms with van der Waals surface area (Å²) in [6, 6.07) is 11.9. The van der Waals surface area contributed by atoms with Crippen LogP contribution in [-0.4, -0.2) is 37.5 Å². The highest BCUT2D eigenvalue weighted by Gasteiger charge is 2.55. The molecule has 7 nitrogen and oxygen atoms in total. The van der Waals surface area contributed by atoms with Crippen LogP contribution in [0.25, 0.3) is 0 Å². The normalized spacial score (nSPS) is 25.8. The molecule has 2 aromatic carbocycles. The zero-order valence-corrected chi connectivity index (χ0v) is 16.3. The lowest BCUT2D eigenvalue weighted by Gasteiger charge is -2.40. The van der Waals surface area contributed by atoms with Crippen molar-refractivity contribution in [1.29, 1.82) is 0 Å². The monoisotopic (exact) mass is 404 g/mol. The zero-order chi connectivity index (χ0) is 19.9. The highest BCUT2D eigenvalue weighted by Crippen LogP contribution is 2.47. The molecule has 2 aromatic rings. The van der Waals surface area contributed by atoms with Crippen molar-refractivity contribution in [2.24, 2.45) is 0 Å². The van der Waals surface area contributed by atoms with Gasteiger partial charge in [-0.25, -0.2) is 0 Å². The number of rotatable bonds is 4. The maximum atomic E-state index is 12.6. The molecule has 1 fully saturated rings. The molecule has 0 aliphatic carbocycles. The number of methoxy groups -OCH3 is 1. The fourth-order valence-electron chi connectivity index (χ4n) is 3.69. The number of para-hydroxylation sites is 1. The lowest BCUT2D eigenvalue weighted by atomic mass is 9.87. The van der Waals surface area contributed by atoms with Gasteiger partial charge in [0.2, 0.25) is 0 Å². The highest BCUT2D eigenvalue weighted by molar-refractivity contribution is 6.33. The Bertz CT molecular complexity index is 891. The van der Waals surface area contributed by atoms with Crippen molar-refractivity contribution < 1.29 is 24.2 Å². The molecule has 28 heavy (non-hydrogen) atoms. The largest absolute Gasteiger partial charge is 0.497 e. The summed E-state index contributed by atoms with van der Waals surface area (Å²) in [7, 11) is 3.30. The zero-order valence-electron chi connectivity index (χ0n) is 15.5. The number of halogens is 1. The Morgan fingerprint density at radius 3 is 2.82 bits per heavy atom. The predicted octanol–water partition coefficient (Wildman–Crippen LogP) is 2.35. The minimum absolute atomic E-state index is 0.125.